The van der Waals surface area contributed by atoms with E-state index < -0.39 is 34.6 Å². The van der Waals surface area contributed by atoms with Crippen molar-refractivity contribution in [3.05, 3.63) is 29.8 Å². The Kier molecular flexibility index (Phi) is 3.76. The largest absolute Gasteiger partial charge is 0.481 e. The number of carboxylic acids is 2. The first kappa shape index (κ1) is 16.9. The topological polar surface area (TPSA) is 150 Å². The number of amides is 2. The molecule has 3 rings (SSSR count). The molecule has 1 aromatic carbocycles. The molecule has 0 radical (unpaired) electrons. The van der Waals surface area contributed by atoms with Crippen LogP contribution in [0, 0.1) is 10.8 Å². The Morgan fingerprint density at radius 1 is 1.04 bits per heavy atom. The summed E-state index contributed by atoms with van der Waals surface area (Å²) in [5.74, 6) is -3.25. The fraction of sp³-hybridized carbons (Fsp3) is 0.375. The summed E-state index contributed by atoms with van der Waals surface area (Å²) in [5.41, 5.74) is 3.30. The van der Waals surface area contributed by atoms with Gasteiger partial charge in [-0.2, -0.15) is 0 Å². The molecule has 9 heteroatoms. The highest BCUT2D eigenvalue weighted by Crippen LogP contribution is 2.68. The number of piperidine rings is 1. The summed E-state index contributed by atoms with van der Waals surface area (Å²) in [5, 5.41) is 21.3. The number of carbonyl (C=O) groups is 4. The summed E-state index contributed by atoms with van der Waals surface area (Å²) in [7, 11) is 0. The molecule has 132 valence electrons. The Balaban J connectivity index is 1.62. The van der Waals surface area contributed by atoms with Gasteiger partial charge in [-0.1, -0.05) is 0 Å². The van der Waals surface area contributed by atoms with E-state index in [0.717, 1.165) is 0 Å². The van der Waals surface area contributed by atoms with Gasteiger partial charge in [0.2, 0.25) is 11.8 Å². The van der Waals surface area contributed by atoms with Crippen molar-refractivity contribution in [2.45, 2.75) is 6.42 Å². The zero-order chi connectivity index (χ0) is 18.4. The molecule has 2 amide bonds. The second-order valence-corrected chi connectivity index (χ2v) is 6.59. The number of hydrogen-bond acceptors (Lipinski definition) is 5. The maximum atomic E-state index is 12.1. The number of hydrogen-bond donors (Lipinski definition) is 4. The summed E-state index contributed by atoms with van der Waals surface area (Å²) in [6.45, 7) is -0.0486. The van der Waals surface area contributed by atoms with Gasteiger partial charge in [-0.3, -0.25) is 24.1 Å². The first-order valence-electron chi connectivity index (χ1n) is 7.59. The average Bonchev–Trinajstić information content (AvgIpc) is 3.07. The van der Waals surface area contributed by atoms with Gasteiger partial charge < -0.3 is 21.3 Å². The summed E-state index contributed by atoms with van der Waals surface area (Å²) in [4.78, 5) is 47.6. The van der Waals surface area contributed by atoms with E-state index >= 15 is 0 Å². The lowest BCUT2D eigenvalue weighted by Crippen LogP contribution is -2.35. The summed E-state index contributed by atoms with van der Waals surface area (Å²) in [6.07, 6.45) is 0.0946. The van der Waals surface area contributed by atoms with E-state index in [1.165, 1.54) is 24.3 Å². The van der Waals surface area contributed by atoms with E-state index in [0.29, 0.717) is 11.3 Å². The molecule has 2 aliphatic rings. The minimum atomic E-state index is -1.30. The van der Waals surface area contributed by atoms with Gasteiger partial charge in [-0.15, -0.1) is 0 Å². The van der Waals surface area contributed by atoms with E-state index in [-0.39, 0.29) is 26.1 Å². The molecule has 0 bridgehead atoms. The summed E-state index contributed by atoms with van der Waals surface area (Å²) < 4.78 is 0. The molecular weight excluding hydrogens is 330 g/mol. The Labute approximate surface area is 142 Å². The lowest BCUT2D eigenvalue weighted by atomic mass is 9.97. The highest BCUT2D eigenvalue weighted by molar-refractivity contribution is 5.96. The number of nitrogens with one attached hydrogen (secondary N) is 1. The second kappa shape index (κ2) is 5.55. The van der Waals surface area contributed by atoms with Gasteiger partial charge >= 0.3 is 11.9 Å². The van der Waals surface area contributed by atoms with Crippen LogP contribution in [0.3, 0.4) is 0 Å². The number of nitrogens with zero attached hydrogens (tertiary/aromatic N) is 1. The van der Waals surface area contributed by atoms with Gasteiger partial charge in [-0.25, -0.2) is 0 Å². The fourth-order valence-electron chi connectivity index (χ4n) is 3.63. The minimum absolute atomic E-state index is 0.0304. The van der Waals surface area contributed by atoms with E-state index in [1.807, 2.05) is 0 Å². The molecule has 9 nitrogen and oxygen atoms in total. The molecular formula is C16H17N3O6. The lowest BCUT2D eigenvalue weighted by molar-refractivity contribution is -0.151. The van der Waals surface area contributed by atoms with Gasteiger partial charge in [0.25, 0.3) is 0 Å². The molecule has 5 N–H and O–H groups in total. The molecule has 1 saturated carbocycles. The highest BCUT2D eigenvalue weighted by Gasteiger charge is 2.80. The standard InChI is InChI=1S/C16H17N3O6/c17-12(21)9-1-3-10(4-2-9)18-11(20)5-19-7-15(13(22)23)6-16(15,8-19)14(24)25/h1-4H,5-8H2,(H2,17,21)(H,18,20)(H,22,23)(H,24,25)/t15-,16+. The van der Waals surface area contributed by atoms with E-state index in [1.54, 1.807) is 4.90 Å². The molecule has 0 unspecified atom stereocenters. The van der Waals surface area contributed by atoms with Crippen LogP contribution in [-0.2, 0) is 14.4 Å². The fourth-order valence-corrected chi connectivity index (χ4v) is 3.63. The van der Waals surface area contributed by atoms with Crippen molar-refractivity contribution in [3.63, 3.8) is 0 Å². The van der Waals surface area contributed by atoms with Gasteiger partial charge in [-0.05, 0) is 30.7 Å². The zero-order valence-electron chi connectivity index (χ0n) is 13.2. The number of carboxylic acid groups (broad SMARTS) is 2. The molecule has 0 aromatic heterocycles. The van der Waals surface area contributed by atoms with Crippen LogP contribution >= 0.6 is 0 Å². The third kappa shape index (κ3) is 2.62. The summed E-state index contributed by atoms with van der Waals surface area (Å²) in [6, 6.07) is 6.00. The molecule has 1 aromatic rings. The van der Waals surface area contributed by atoms with Crippen molar-refractivity contribution in [1.29, 1.82) is 0 Å². The third-order valence-corrected chi connectivity index (χ3v) is 5.02. The van der Waals surface area contributed by atoms with E-state index in [9.17, 15) is 29.4 Å². The molecule has 1 aliphatic heterocycles. The molecule has 1 aliphatic carbocycles. The Bertz CT molecular complexity index is 749. The Morgan fingerprint density at radius 3 is 2.00 bits per heavy atom. The highest BCUT2D eigenvalue weighted by atomic mass is 16.4. The number of primary amides is 1. The van der Waals surface area contributed by atoms with Crippen LogP contribution in [0.15, 0.2) is 24.3 Å². The first-order chi connectivity index (χ1) is 11.7. The van der Waals surface area contributed by atoms with E-state index in [2.05, 4.69) is 5.32 Å². The van der Waals surface area contributed by atoms with Crippen molar-refractivity contribution in [2.24, 2.45) is 16.6 Å². The number of benzene rings is 1. The van der Waals surface area contributed by atoms with Crippen LogP contribution < -0.4 is 11.1 Å². The lowest BCUT2D eigenvalue weighted by Gasteiger charge is -2.18. The van der Waals surface area contributed by atoms with Crippen LogP contribution in [-0.4, -0.2) is 58.5 Å². The zero-order valence-corrected chi connectivity index (χ0v) is 13.2. The number of aliphatic carboxylic acids is 2. The number of likely N-dealkylation sites (tertiary alicyclic amines) is 1. The predicted octanol–water partition coefficient (Wildman–Crippen LogP) is -0.415. The molecule has 2 atom stereocenters. The maximum absolute atomic E-state index is 12.1. The number of fused-ring (bicyclic) bond motifs is 1. The van der Waals surface area contributed by atoms with Crippen molar-refractivity contribution >= 4 is 29.4 Å². The van der Waals surface area contributed by atoms with Gasteiger partial charge in [0.1, 0.15) is 0 Å². The van der Waals surface area contributed by atoms with Gasteiger partial charge in [0.15, 0.2) is 0 Å². The number of anilines is 1. The monoisotopic (exact) mass is 347 g/mol. The van der Waals surface area contributed by atoms with Gasteiger partial charge in [0, 0.05) is 24.3 Å². The van der Waals surface area contributed by atoms with Crippen molar-refractivity contribution in [1.82, 2.24) is 4.90 Å². The minimum Gasteiger partial charge on any atom is -0.481 e. The summed E-state index contributed by atoms with van der Waals surface area (Å²) >= 11 is 0. The number of nitrogens with two attached hydrogens (primary N) is 1. The van der Waals surface area contributed by atoms with Crippen LogP contribution in [0.5, 0.6) is 0 Å². The molecule has 1 heterocycles. The van der Waals surface area contributed by atoms with Crippen LogP contribution in [0.25, 0.3) is 0 Å². The van der Waals surface area contributed by atoms with E-state index in [4.69, 9.17) is 5.73 Å². The van der Waals surface area contributed by atoms with Crippen molar-refractivity contribution < 1.29 is 29.4 Å². The number of carbonyl (C=O) groups excluding carboxylic acids is 2. The molecule has 25 heavy (non-hydrogen) atoms. The third-order valence-electron chi connectivity index (χ3n) is 5.02. The first-order valence-corrected chi connectivity index (χ1v) is 7.59. The van der Waals surface area contributed by atoms with Crippen LogP contribution in [0.1, 0.15) is 16.8 Å². The predicted molar refractivity (Wildman–Crippen MR) is 84.8 cm³/mol. The van der Waals surface area contributed by atoms with Gasteiger partial charge in [0.05, 0.1) is 17.4 Å². The second-order valence-electron chi connectivity index (χ2n) is 6.59. The van der Waals surface area contributed by atoms with Crippen LogP contribution in [0.2, 0.25) is 0 Å². The van der Waals surface area contributed by atoms with Crippen LogP contribution in [0.4, 0.5) is 5.69 Å². The maximum Gasteiger partial charge on any atom is 0.312 e. The normalized spacial score (nSPS) is 27.4. The molecule has 1 saturated heterocycles. The smallest absolute Gasteiger partial charge is 0.312 e. The number of rotatable bonds is 6. The Hall–Kier alpha value is -2.94. The Morgan fingerprint density at radius 2 is 1.56 bits per heavy atom. The molecule has 0 spiro atoms. The SMILES string of the molecule is NC(=O)c1ccc(NC(=O)CN2C[C@@]3(C(=O)O)C[C@@]3(C(=O)O)C2)cc1. The van der Waals surface area contributed by atoms with Crippen molar-refractivity contribution in [3.8, 4) is 0 Å². The molecule has 2 fully saturated rings. The quantitative estimate of drug-likeness (QED) is 0.546. The average molecular weight is 347 g/mol. The van der Waals surface area contributed by atoms with Crippen molar-refractivity contribution in [2.75, 3.05) is 25.0 Å².